The molecule has 3 rings (SSSR count). The first-order valence-electron chi connectivity index (χ1n) is 8.96. The van der Waals surface area contributed by atoms with Crippen LogP contribution in [0.4, 0.5) is 4.39 Å². The van der Waals surface area contributed by atoms with E-state index in [9.17, 15) is 20.2 Å². The summed E-state index contributed by atoms with van der Waals surface area (Å²) in [5, 5.41) is 29.7. The fourth-order valence-corrected chi connectivity index (χ4v) is 4.23. The van der Waals surface area contributed by atoms with Crippen LogP contribution in [0.5, 0.6) is 5.75 Å². The molecular formula is C21H20FN5O. The summed E-state index contributed by atoms with van der Waals surface area (Å²) in [6, 6.07) is 10.3. The number of fused-ring (bicyclic) bond motifs is 1. The minimum atomic E-state index is -1.85. The highest BCUT2D eigenvalue weighted by Crippen LogP contribution is 2.54. The smallest absolute Gasteiger partial charge is 0.191 e. The lowest BCUT2D eigenvalue weighted by Gasteiger charge is -2.45. The molecule has 0 aromatic heterocycles. The zero-order valence-electron chi connectivity index (χ0n) is 15.7. The monoisotopic (exact) mass is 377 g/mol. The van der Waals surface area contributed by atoms with Gasteiger partial charge < -0.3 is 10.5 Å². The zero-order chi connectivity index (χ0) is 20.5. The molecule has 142 valence electrons. The zero-order valence-corrected chi connectivity index (χ0v) is 15.7. The standard InChI is InChI=1S/C21H20FN5O/c1-3-27-7-6-14-16(9-23)20(26)21(11-24,12-25)19(17(14)10-27)15-8-13(28-2)4-5-18(15)22/h4-6,8,17,19H,3,7,10,26H2,1-2H3/t17-,19+/m0/s1. The number of nitrogens with two attached hydrogens (primary N) is 1. The second-order valence-electron chi connectivity index (χ2n) is 6.92. The number of ether oxygens (including phenoxy) is 1. The Bertz CT molecular complexity index is 978. The van der Waals surface area contributed by atoms with Crippen molar-refractivity contribution < 1.29 is 9.13 Å². The van der Waals surface area contributed by atoms with Gasteiger partial charge in [-0.05, 0) is 35.9 Å². The van der Waals surface area contributed by atoms with Crippen LogP contribution in [0.2, 0.25) is 0 Å². The Morgan fingerprint density at radius 1 is 1.32 bits per heavy atom. The second kappa shape index (κ2) is 7.35. The molecule has 0 amide bonds. The van der Waals surface area contributed by atoms with Gasteiger partial charge in [0.1, 0.15) is 17.6 Å². The van der Waals surface area contributed by atoms with E-state index in [1.165, 1.54) is 25.3 Å². The molecule has 7 heteroatoms. The summed E-state index contributed by atoms with van der Waals surface area (Å²) in [6.45, 7) is 3.87. The molecule has 28 heavy (non-hydrogen) atoms. The number of nitrogens with zero attached hydrogens (tertiary/aromatic N) is 4. The van der Waals surface area contributed by atoms with Gasteiger partial charge >= 0.3 is 0 Å². The van der Waals surface area contributed by atoms with Gasteiger partial charge in [-0.2, -0.15) is 15.8 Å². The maximum absolute atomic E-state index is 14.9. The number of benzene rings is 1. The quantitative estimate of drug-likeness (QED) is 0.867. The van der Waals surface area contributed by atoms with Crippen LogP contribution in [-0.4, -0.2) is 31.6 Å². The molecule has 1 heterocycles. The maximum Gasteiger partial charge on any atom is 0.191 e. The molecule has 0 saturated carbocycles. The average molecular weight is 377 g/mol. The SMILES string of the molecule is CCN1CC=C2C(C#N)=C(N)C(C#N)(C#N)[C@H](c3cc(OC)ccc3F)[C@H]2C1. The van der Waals surface area contributed by atoms with Crippen molar-refractivity contribution in [2.24, 2.45) is 17.1 Å². The highest BCUT2D eigenvalue weighted by molar-refractivity contribution is 5.59. The van der Waals surface area contributed by atoms with E-state index in [-0.39, 0.29) is 16.8 Å². The van der Waals surface area contributed by atoms with Gasteiger partial charge in [0, 0.05) is 24.9 Å². The van der Waals surface area contributed by atoms with Gasteiger partial charge in [0.2, 0.25) is 0 Å². The van der Waals surface area contributed by atoms with E-state index < -0.39 is 23.1 Å². The normalized spacial score (nSPS) is 23.6. The minimum absolute atomic E-state index is 0.111. The fourth-order valence-electron chi connectivity index (χ4n) is 4.23. The highest BCUT2D eigenvalue weighted by Gasteiger charge is 2.55. The van der Waals surface area contributed by atoms with Crippen LogP contribution in [-0.2, 0) is 0 Å². The number of halogens is 1. The Morgan fingerprint density at radius 3 is 2.61 bits per heavy atom. The Morgan fingerprint density at radius 2 is 2.04 bits per heavy atom. The predicted molar refractivity (Wildman–Crippen MR) is 99.9 cm³/mol. The highest BCUT2D eigenvalue weighted by atomic mass is 19.1. The van der Waals surface area contributed by atoms with Crippen LogP contribution in [0.1, 0.15) is 18.4 Å². The fraction of sp³-hybridized carbons (Fsp3) is 0.381. The molecule has 0 bridgehead atoms. The molecule has 0 unspecified atom stereocenters. The number of likely N-dealkylation sites (N-methyl/N-ethyl adjacent to an activating group) is 1. The largest absolute Gasteiger partial charge is 0.497 e. The van der Waals surface area contributed by atoms with Crippen LogP contribution >= 0.6 is 0 Å². The lowest BCUT2D eigenvalue weighted by molar-refractivity contribution is 0.212. The molecule has 0 fully saturated rings. The van der Waals surface area contributed by atoms with Gasteiger partial charge in [0.25, 0.3) is 0 Å². The van der Waals surface area contributed by atoms with Crippen molar-refractivity contribution in [2.75, 3.05) is 26.7 Å². The summed E-state index contributed by atoms with van der Waals surface area (Å²) in [7, 11) is 1.46. The maximum atomic E-state index is 14.9. The Kier molecular flexibility index (Phi) is 5.10. The molecule has 2 aliphatic rings. The van der Waals surface area contributed by atoms with Crippen LogP contribution in [0.3, 0.4) is 0 Å². The first-order chi connectivity index (χ1) is 13.5. The Labute approximate surface area is 163 Å². The molecule has 6 nitrogen and oxygen atoms in total. The van der Waals surface area contributed by atoms with Gasteiger partial charge in [-0.25, -0.2) is 4.39 Å². The summed E-state index contributed by atoms with van der Waals surface area (Å²) in [5.41, 5.74) is 5.28. The number of rotatable bonds is 3. The van der Waals surface area contributed by atoms with Crippen LogP contribution in [0.15, 0.2) is 41.1 Å². The van der Waals surface area contributed by atoms with Crippen LogP contribution < -0.4 is 10.5 Å². The number of methoxy groups -OCH3 is 1. The van der Waals surface area contributed by atoms with Crippen molar-refractivity contribution in [3.05, 3.63) is 52.5 Å². The van der Waals surface area contributed by atoms with E-state index in [1.807, 2.05) is 25.1 Å². The molecule has 1 aliphatic heterocycles. The molecule has 2 N–H and O–H groups in total. The van der Waals surface area contributed by atoms with Gasteiger partial charge in [0.15, 0.2) is 5.41 Å². The van der Waals surface area contributed by atoms with Crippen molar-refractivity contribution in [1.29, 1.82) is 15.8 Å². The topological polar surface area (TPSA) is 110 Å². The third kappa shape index (κ3) is 2.71. The predicted octanol–water partition coefficient (Wildman–Crippen LogP) is 2.58. The number of hydrogen-bond donors (Lipinski definition) is 1. The van der Waals surface area contributed by atoms with Crippen LogP contribution in [0, 0.1) is 51.1 Å². The molecule has 2 atom stereocenters. The first-order valence-corrected chi connectivity index (χ1v) is 8.96. The third-order valence-electron chi connectivity index (χ3n) is 5.73. The number of allylic oxidation sites excluding steroid dienone is 2. The molecule has 1 aromatic carbocycles. The average Bonchev–Trinajstić information content (AvgIpc) is 2.73. The molecule has 0 radical (unpaired) electrons. The van der Waals surface area contributed by atoms with Crippen molar-refractivity contribution in [2.45, 2.75) is 12.8 Å². The summed E-state index contributed by atoms with van der Waals surface area (Å²) >= 11 is 0. The van der Waals surface area contributed by atoms with E-state index in [1.54, 1.807) is 0 Å². The lowest BCUT2D eigenvalue weighted by Crippen LogP contribution is -2.48. The number of nitriles is 3. The molecular weight excluding hydrogens is 357 g/mol. The minimum Gasteiger partial charge on any atom is -0.497 e. The van der Waals surface area contributed by atoms with Crippen molar-refractivity contribution in [3.63, 3.8) is 0 Å². The molecule has 0 saturated heterocycles. The Balaban J connectivity index is 2.35. The summed E-state index contributed by atoms with van der Waals surface area (Å²) in [4.78, 5) is 2.12. The summed E-state index contributed by atoms with van der Waals surface area (Å²) in [6.07, 6.45) is 1.90. The molecule has 1 aliphatic carbocycles. The summed E-state index contributed by atoms with van der Waals surface area (Å²) in [5.74, 6) is -1.41. The van der Waals surface area contributed by atoms with Gasteiger partial charge in [0.05, 0.1) is 30.5 Å². The molecule has 1 aromatic rings. The van der Waals surface area contributed by atoms with Crippen molar-refractivity contribution >= 4 is 0 Å². The van der Waals surface area contributed by atoms with Gasteiger partial charge in [-0.15, -0.1) is 0 Å². The van der Waals surface area contributed by atoms with Crippen molar-refractivity contribution in [3.8, 4) is 24.0 Å². The second-order valence-corrected chi connectivity index (χ2v) is 6.92. The van der Waals surface area contributed by atoms with Gasteiger partial charge in [-0.1, -0.05) is 13.0 Å². The Hall–Kier alpha value is -3.34. The van der Waals surface area contributed by atoms with E-state index in [2.05, 4.69) is 11.0 Å². The van der Waals surface area contributed by atoms with E-state index >= 15 is 0 Å². The number of hydrogen-bond acceptors (Lipinski definition) is 6. The van der Waals surface area contributed by atoms with E-state index in [0.717, 1.165) is 6.54 Å². The lowest BCUT2D eigenvalue weighted by atomic mass is 9.58. The van der Waals surface area contributed by atoms with Gasteiger partial charge in [-0.3, -0.25) is 4.90 Å². The molecule has 0 spiro atoms. The summed E-state index contributed by atoms with van der Waals surface area (Å²) < 4.78 is 20.2. The third-order valence-corrected chi connectivity index (χ3v) is 5.73. The van der Waals surface area contributed by atoms with E-state index in [4.69, 9.17) is 10.5 Å². The first kappa shape index (κ1) is 19.4. The van der Waals surface area contributed by atoms with E-state index in [0.29, 0.717) is 24.4 Å². The van der Waals surface area contributed by atoms with Crippen LogP contribution in [0.25, 0.3) is 0 Å². The van der Waals surface area contributed by atoms with Crippen molar-refractivity contribution in [1.82, 2.24) is 4.90 Å².